The number of urea groups is 1. The summed E-state index contributed by atoms with van der Waals surface area (Å²) in [6, 6.07) is 3.85. The van der Waals surface area contributed by atoms with Gasteiger partial charge in [-0.3, -0.25) is 14.9 Å². The van der Waals surface area contributed by atoms with Gasteiger partial charge in [-0.1, -0.05) is 0 Å². The van der Waals surface area contributed by atoms with Crippen LogP contribution >= 0.6 is 0 Å². The van der Waals surface area contributed by atoms with Crippen molar-refractivity contribution in [2.75, 3.05) is 5.32 Å². The van der Waals surface area contributed by atoms with Gasteiger partial charge >= 0.3 is 12.0 Å². The van der Waals surface area contributed by atoms with Crippen molar-refractivity contribution in [1.29, 1.82) is 0 Å². The Balaban J connectivity index is 2.57. The first-order chi connectivity index (χ1) is 10.8. The molecule has 1 aromatic carbocycles. The summed E-state index contributed by atoms with van der Waals surface area (Å²) in [5.41, 5.74) is 10.5. The van der Waals surface area contributed by atoms with Crippen LogP contribution in [0, 0.1) is 5.82 Å². The van der Waals surface area contributed by atoms with Crippen molar-refractivity contribution < 1.29 is 23.5 Å². The molecule has 0 radical (unpaired) electrons. The first-order valence-electron chi connectivity index (χ1n) is 6.35. The molecule has 0 aliphatic heterocycles. The van der Waals surface area contributed by atoms with Gasteiger partial charge in [0.25, 0.3) is 5.91 Å². The third-order valence-corrected chi connectivity index (χ3v) is 2.82. The average molecular weight is 320 g/mol. The number of esters is 1. The first kappa shape index (κ1) is 16.0. The molecule has 0 fully saturated rings. The second-order valence-corrected chi connectivity index (χ2v) is 4.56. The van der Waals surface area contributed by atoms with Gasteiger partial charge in [0.1, 0.15) is 17.4 Å². The number of rotatable bonds is 4. The molecule has 0 aliphatic carbocycles. The van der Waals surface area contributed by atoms with Gasteiger partial charge in [-0.05, 0) is 24.3 Å². The molecule has 2 rings (SSSR count). The van der Waals surface area contributed by atoms with E-state index in [4.69, 9.17) is 16.2 Å². The molecule has 23 heavy (non-hydrogen) atoms. The standard InChI is InChI=1S/C14H13FN4O4/c1-6(20)23-11-3-2-7(15)4-8(11)10-5-9(12(16)21)13(18-10)19-14(17)22/h2-5,18H,1H3,(H2,16,21)(H3,17,19,22). The van der Waals surface area contributed by atoms with Crippen LogP contribution in [0.4, 0.5) is 15.0 Å². The first-order valence-corrected chi connectivity index (χ1v) is 6.35. The molecule has 1 heterocycles. The minimum atomic E-state index is -0.916. The minimum absolute atomic E-state index is 0.0435. The van der Waals surface area contributed by atoms with Crippen molar-refractivity contribution in [1.82, 2.24) is 4.98 Å². The van der Waals surface area contributed by atoms with E-state index >= 15 is 0 Å². The molecule has 2 aromatic rings. The van der Waals surface area contributed by atoms with Crippen LogP contribution in [0.15, 0.2) is 24.3 Å². The van der Waals surface area contributed by atoms with Gasteiger partial charge in [-0.2, -0.15) is 0 Å². The highest BCUT2D eigenvalue weighted by Gasteiger charge is 2.18. The molecule has 0 spiro atoms. The molecule has 0 bridgehead atoms. The van der Waals surface area contributed by atoms with Crippen LogP contribution in [0.1, 0.15) is 17.3 Å². The van der Waals surface area contributed by atoms with E-state index in [1.54, 1.807) is 0 Å². The second-order valence-electron chi connectivity index (χ2n) is 4.56. The van der Waals surface area contributed by atoms with Gasteiger partial charge in [0, 0.05) is 12.5 Å². The maximum Gasteiger partial charge on any atom is 0.317 e. The number of hydrogen-bond acceptors (Lipinski definition) is 4. The van der Waals surface area contributed by atoms with Crippen LogP contribution in [-0.2, 0) is 4.79 Å². The number of amides is 3. The van der Waals surface area contributed by atoms with E-state index in [1.807, 2.05) is 0 Å². The lowest BCUT2D eigenvalue weighted by Crippen LogP contribution is -2.22. The number of nitrogens with two attached hydrogens (primary N) is 2. The van der Waals surface area contributed by atoms with Crippen LogP contribution in [-0.4, -0.2) is 22.9 Å². The number of nitrogens with one attached hydrogen (secondary N) is 2. The molecule has 0 saturated heterocycles. The number of ether oxygens (including phenoxy) is 1. The Morgan fingerprint density at radius 1 is 1.22 bits per heavy atom. The largest absolute Gasteiger partial charge is 0.426 e. The zero-order valence-corrected chi connectivity index (χ0v) is 12.0. The lowest BCUT2D eigenvalue weighted by molar-refractivity contribution is -0.131. The quantitative estimate of drug-likeness (QED) is 0.498. The van der Waals surface area contributed by atoms with E-state index in [0.717, 1.165) is 12.1 Å². The Bertz CT molecular complexity index is 800. The van der Waals surface area contributed by atoms with Gasteiger partial charge in [0.05, 0.1) is 11.3 Å². The van der Waals surface area contributed by atoms with Crippen molar-refractivity contribution in [3.63, 3.8) is 0 Å². The van der Waals surface area contributed by atoms with Crippen molar-refractivity contribution >= 4 is 23.7 Å². The fourth-order valence-corrected chi connectivity index (χ4v) is 1.97. The fraction of sp³-hybridized carbons (Fsp3) is 0.0714. The molecule has 3 amide bonds. The zero-order chi connectivity index (χ0) is 17.1. The summed E-state index contributed by atoms with van der Waals surface area (Å²) in [7, 11) is 0. The summed E-state index contributed by atoms with van der Waals surface area (Å²) < 4.78 is 18.5. The van der Waals surface area contributed by atoms with Crippen molar-refractivity contribution in [2.45, 2.75) is 6.92 Å². The SMILES string of the molecule is CC(=O)Oc1ccc(F)cc1-c1cc(C(N)=O)c(NC(N)=O)[nH]1. The molecule has 0 unspecified atom stereocenters. The van der Waals surface area contributed by atoms with Crippen molar-refractivity contribution in [3.05, 3.63) is 35.6 Å². The number of anilines is 1. The van der Waals surface area contributed by atoms with Gasteiger partial charge in [-0.15, -0.1) is 0 Å². The Labute approximate surface area is 129 Å². The van der Waals surface area contributed by atoms with Crippen molar-refractivity contribution in [2.24, 2.45) is 11.5 Å². The third-order valence-electron chi connectivity index (χ3n) is 2.82. The van der Waals surface area contributed by atoms with Crippen molar-refractivity contribution in [3.8, 4) is 17.0 Å². The van der Waals surface area contributed by atoms with Crippen LogP contribution in [0.2, 0.25) is 0 Å². The third kappa shape index (κ3) is 3.64. The molecule has 8 nitrogen and oxygen atoms in total. The lowest BCUT2D eigenvalue weighted by atomic mass is 10.1. The number of carbonyl (C=O) groups is 3. The molecule has 9 heteroatoms. The molecular weight excluding hydrogens is 307 g/mol. The highest BCUT2D eigenvalue weighted by Crippen LogP contribution is 2.33. The topological polar surface area (TPSA) is 140 Å². The summed E-state index contributed by atoms with van der Waals surface area (Å²) in [5, 5.41) is 2.20. The second kappa shape index (κ2) is 6.18. The summed E-state index contributed by atoms with van der Waals surface area (Å²) in [6.07, 6.45) is 0. The molecule has 0 atom stereocenters. The van der Waals surface area contributed by atoms with E-state index in [1.165, 1.54) is 19.1 Å². The van der Waals surface area contributed by atoms with E-state index in [-0.39, 0.29) is 28.4 Å². The van der Waals surface area contributed by atoms with E-state index < -0.39 is 23.7 Å². The predicted octanol–water partition coefficient (Wildman–Crippen LogP) is 1.34. The zero-order valence-electron chi connectivity index (χ0n) is 12.0. The minimum Gasteiger partial charge on any atom is -0.426 e. The number of aromatic amines is 1. The lowest BCUT2D eigenvalue weighted by Gasteiger charge is -2.07. The van der Waals surface area contributed by atoms with E-state index in [9.17, 15) is 18.8 Å². The normalized spacial score (nSPS) is 10.2. The smallest absolute Gasteiger partial charge is 0.317 e. The van der Waals surface area contributed by atoms with Gasteiger partial charge < -0.3 is 21.2 Å². The van der Waals surface area contributed by atoms with Crippen LogP contribution in [0.5, 0.6) is 5.75 Å². The average Bonchev–Trinajstić information content (AvgIpc) is 2.83. The Morgan fingerprint density at radius 2 is 1.91 bits per heavy atom. The Hall–Kier alpha value is -3.36. The number of halogens is 1. The monoisotopic (exact) mass is 320 g/mol. The molecular formula is C14H13FN4O4. The van der Waals surface area contributed by atoms with Gasteiger partial charge in [0.2, 0.25) is 0 Å². The van der Waals surface area contributed by atoms with Gasteiger partial charge in [0.15, 0.2) is 0 Å². The highest BCUT2D eigenvalue weighted by molar-refractivity contribution is 6.03. The molecule has 0 saturated carbocycles. The summed E-state index contributed by atoms with van der Waals surface area (Å²) in [4.78, 5) is 36.2. The number of benzene rings is 1. The molecule has 6 N–H and O–H groups in total. The molecule has 1 aromatic heterocycles. The summed E-state index contributed by atoms with van der Waals surface area (Å²) in [5.74, 6) is -1.99. The van der Waals surface area contributed by atoms with Crippen LogP contribution in [0.25, 0.3) is 11.3 Å². The number of carbonyl (C=O) groups excluding carboxylic acids is 3. The Kier molecular flexibility index (Phi) is 4.30. The summed E-state index contributed by atoms with van der Waals surface area (Å²) in [6.45, 7) is 1.19. The van der Waals surface area contributed by atoms with Gasteiger partial charge in [-0.25, -0.2) is 9.18 Å². The van der Waals surface area contributed by atoms with E-state index in [0.29, 0.717) is 0 Å². The number of H-pyrrole nitrogens is 1. The maximum absolute atomic E-state index is 13.5. The number of hydrogen-bond donors (Lipinski definition) is 4. The maximum atomic E-state index is 13.5. The predicted molar refractivity (Wildman–Crippen MR) is 79.2 cm³/mol. The van der Waals surface area contributed by atoms with Crippen LogP contribution < -0.4 is 21.5 Å². The number of primary amides is 2. The Morgan fingerprint density at radius 3 is 2.48 bits per heavy atom. The van der Waals surface area contributed by atoms with Crippen LogP contribution in [0.3, 0.4) is 0 Å². The molecule has 0 aliphatic rings. The highest BCUT2D eigenvalue weighted by atomic mass is 19.1. The summed E-state index contributed by atoms with van der Waals surface area (Å²) >= 11 is 0. The molecule has 120 valence electrons. The number of aromatic nitrogens is 1. The fourth-order valence-electron chi connectivity index (χ4n) is 1.97. The van der Waals surface area contributed by atoms with E-state index in [2.05, 4.69) is 10.3 Å².